The van der Waals surface area contributed by atoms with Crippen molar-refractivity contribution < 1.29 is 18.5 Å². The van der Waals surface area contributed by atoms with Crippen molar-refractivity contribution in [3.63, 3.8) is 0 Å². The van der Waals surface area contributed by atoms with Crippen LogP contribution in [-0.2, 0) is 4.79 Å². The molecule has 5 nitrogen and oxygen atoms in total. The summed E-state index contributed by atoms with van der Waals surface area (Å²) in [5.41, 5.74) is 0.244. The molecule has 0 heterocycles. The van der Waals surface area contributed by atoms with E-state index in [9.17, 15) is 23.7 Å². The first-order valence-electron chi connectivity index (χ1n) is 4.74. The molecule has 0 spiro atoms. The van der Waals surface area contributed by atoms with Crippen molar-refractivity contribution in [2.75, 3.05) is 0 Å². The van der Waals surface area contributed by atoms with Gasteiger partial charge in [0.1, 0.15) is 0 Å². The highest BCUT2D eigenvalue weighted by Crippen LogP contribution is 2.19. The lowest BCUT2D eigenvalue weighted by molar-refractivity contribution is -0.384. The van der Waals surface area contributed by atoms with E-state index in [1.807, 2.05) is 0 Å². The Hall–Kier alpha value is -2.05. The zero-order valence-corrected chi connectivity index (χ0v) is 8.89. The Morgan fingerprint density at radius 1 is 1.47 bits per heavy atom. The SMILES string of the molecule is CC(NC(=O)C(F)F)c1cccc([N+](=O)[O-])c1. The second kappa shape index (κ2) is 5.33. The monoisotopic (exact) mass is 244 g/mol. The fourth-order valence-electron chi connectivity index (χ4n) is 1.27. The lowest BCUT2D eigenvalue weighted by Gasteiger charge is -2.13. The number of alkyl halides is 2. The molecule has 1 N–H and O–H groups in total. The molecule has 0 aliphatic heterocycles. The summed E-state index contributed by atoms with van der Waals surface area (Å²) in [5.74, 6) is -1.40. The smallest absolute Gasteiger partial charge is 0.315 e. The molecule has 1 aromatic rings. The number of hydrogen-bond donors (Lipinski definition) is 1. The van der Waals surface area contributed by atoms with Gasteiger partial charge in [-0.1, -0.05) is 12.1 Å². The topological polar surface area (TPSA) is 72.2 Å². The molecule has 92 valence electrons. The number of non-ortho nitro benzene ring substituents is 1. The Morgan fingerprint density at radius 3 is 2.65 bits per heavy atom. The zero-order chi connectivity index (χ0) is 13.0. The van der Waals surface area contributed by atoms with Gasteiger partial charge < -0.3 is 5.32 Å². The standard InChI is InChI=1S/C10H10F2N2O3/c1-6(13-10(15)9(11)12)7-3-2-4-8(5-7)14(16)17/h2-6,9H,1H3,(H,13,15). The van der Waals surface area contributed by atoms with Gasteiger partial charge in [0.05, 0.1) is 11.0 Å². The minimum absolute atomic E-state index is 0.152. The highest BCUT2D eigenvalue weighted by atomic mass is 19.3. The van der Waals surface area contributed by atoms with Crippen molar-refractivity contribution in [3.8, 4) is 0 Å². The summed E-state index contributed by atoms with van der Waals surface area (Å²) < 4.78 is 24.0. The first-order valence-corrected chi connectivity index (χ1v) is 4.74. The Kier molecular flexibility index (Phi) is 4.08. The molecule has 7 heteroatoms. The quantitative estimate of drug-likeness (QED) is 0.650. The van der Waals surface area contributed by atoms with Crippen LogP contribution in [0.3, 0.4) is 0 Å². The number of nitro groups is 1. The maximum atomic E-state index is 12.0. The first-order chi connectivity index (χ1) is 7.91. The Balaban J connectivity index is 2.82. The molecule has 0 bridgehead atoms. The minimum Gasteiger partial charge on any atom is -0.345 e. The van der Waals surface area contributed by atoms with Crippen LogP contribution in [0.15, 0.2) is 24.3 Å². The van der Waals surface area contributed by atoms with E-state index in [1.54, 1.807) is 0 Å². The molecule has 0 aliphatic rings. The number of nitrogens with one attached hydrogen (secondary N) is 1. The van der Waals surface area contributed by atoms with Crippen molar-refractivity contribution in [2.24, 2.45) is 0 Å². The Bertz CT molecular complexity index is 437. The maximum absolute atomic E-state index is 12.0. The van der Waals surface area contributed by atoms with Crippen LogP contribution in [0.25, 0.3) is 0 Å². The predicted molar refractivity (Wildman–Crippen MR) is 55.7 cm³/mol. The lowest BCUT2D eigenvalue weighted by atomic mass is 10.1. The van der Waals surface area contributed by atoms with Gasteiger partial charge in [-0.3, -0.25) is 14.9 Å². The van der Waals surface area contributed by atoms with Gasteiger partial charge in [0.2, 0.25) is 0 Å². The van der Waals surface area contributed by atoms with Crippen molar-refractivity contribution in [3.05, 3.63) is 39.9 Å². The van der Waals surface area contributed by atoms with Crippen molar-refractivity contribution in [1.29, 1.82) is 0 Å². The molecule has 0 saturated heterocycles. The fourth-order valence-corrected chi connectivity index (χ4v) is 1.27. The Labute approximate surface area is 95.6 Å². The number of rotatable bonds is 4. The van der Waals surface area contributed by atoms with E-state index in [1.165, 1.54) is 31.2 Å². The van der Waals surface area contributed by atoms with Crippen molar-refractivity contribution >= 4 is 11.6 Å². The second-order valence-electron chi connectivity index (χ2n) is 3.38. The molecule has 17 heavy (non-hydrogen) atoms. The number of amides is 1. The van der Waals surface area contributed by atoms with E-state index in [2.05, 4.69) is 5.32 Å². The molecule has 1 atom stereocenters. The number of carbonyl (C=O) groups excluding carboxylic acids is 1. The number of nitro benzene ring substituents is 1. The van der Waals surface area contributed by atoms with Crippen LogP contribution in [0.1, 0.15) is 18.5 Å². The molecule has 1 rings (SSSR count). The van der Waals surface area contributed by atoms with Crippen LogP contribution in [0.4, 0.5) is 14.5 Å². The largest absolute Gasteiger partial charge is 0.345 e. The van der Waals surface area contributed by atoms with Gasteiger partial charge in [-0.05, 0) is 12.5 Å². The number of benzene rings is 1. The first kappa shape index (κ1) is 13.0. The summed E-state index contributed by atoms with van der Waals surface area (Å²) >= 11 is 0. The highest BCUT2D eigenvalue weighted by molar-refractivity contribution is 5.79. The molecule has 0 radical (unpaired) electrons. The third-order valence-electron chi connectivity index (χ3n) is 2.14. The van der Waals surface area contributed by atoms with E-state index in [4.69, 9.17) is 0 Å². The van der Waals surface area contributed by atoms with Crippen LogP contribution < -0.4 is 5.32 Å². The third kappa shape index (κ3) is 3.47. The van der Waals surface area contributed by atoms with Crippen LogP contribution in [0.2, 0.25) is 0 Å². The van der Waals surface area contributed by atoms with Gasteiger partial charge in [-0.15, -0.1) is 0 Å². The van der Waals surface area contributed by atoms with Gasteiger partial charge in [-0.25, -0.2) is 0 Å². The van der Waals surface area contributed by atoms with Crippen molar-refractivity contribution in [1.82, 2.24) is 5.32 Å². The lowest BCUT2D eigenvalue weighted by Crippen LogP contribution is -2.31. The maximum Gasteiger partial charge on any atom is 0.315 e. The summed E-state index contributed by atoms with van der Waals surface area (Å²) in [5, 5.41) is 12.6. The normalized spacial score (nSPS) is 12.2. The molecule has 0 fully saturated rings. The molecule has 1 unspecified atom stereocenters. The second-order valence-corrected chi connectivity index (χ2v) is 3.38. The highest BCUT2D eigenvalue weighted by Gasteiger charge is 2.19. The van der Waals surface area contributed by atoms with Gasteiger partial charge in [-0.2, -0.15) is 8.78 Å². The fraction of sp³-hybridized carbons (Fsp3) is 0.300. The van der Waals surface area contributed by atoms with Crippen LogP contribution in [-0.4, -0.2) is 17.3 Å². The van der Waals surface area contributed by atoms with Crippen LogP contribution >= 0.6 is 0 Å². The van der Waals surface area contributed by atoms with Crippen LogP contribution in [0.5, 0.6) is 0 Å². The number of nitrogens with zero attached hydrogens (tertiary/aromatic N) is 1. The van der Waals surface area contributed by atoms with Gasteiger partial charge in [0.15, 0.2) is 0 Å². The summed E-state index contributed by atoms with van der Waals surface area (Å²) in [4.78, 5) is 20.7. The summed E-state index contributed by atoms with van der Waals surface area (Å²) in [6.45, 7) is 1.47. The van der Waals surface area contributed by atoms with Crippen LogP contribution in [0, 0.1) is 10.1 Å². The van der Waals surface area contributed by atoms with E-state index < -0.39 is 23.3 Å². The summed E-state index contributed by atoms with van der Waals surface area (Å²) in [6.07, 6.45) is -3.10. The van der Waals surface area contributed by atoms with Gasteiger partial charge in [0, 0.05) is 12.1 Å². The minimum atomic E-state index is -3.10. The van der Waals surface area contributed by atoms with Crippen molar-refractivity contribution in [2.45, 2.75) is 19.4 Å². The van der Waals surface area contributed by atoms with Gasteiger partial charge in [0.25, 0.3) is 11.6 Å². The Morgan fingerprint density at radius 2 is 2.12 bits per heavy atom. The van der Waals surface area contributed by atoms with E-state index in [-0.39, 0.29) is 5.69 Å². The summed E-state index contributed by atoms with van der Waals surface area (Å²) in [7, 11) is 0. The van der Waals surface area contributed by atoms with E-state index in [0.717, 1.165) is 0 Å². The average molecular weight is 244 g/mol. The number of hydrogen-bond acceptors (Lipinski definition) is 3. The zero-order valence-electron chi connectivity index (χ0n) is 8.89. The molecular weight excluding hydrogens is 234 g/mol. The average Bonchev–Trinajstić information content (AvgIpc) is 2.28. The molecule has 0 saturated carbocycles. The molecule has 0 aromatic heterocycles. The number of halogens is 2. The van der Waals surface area contributed by atoms with Gasteiger partial charge >= 0.3 is 6.43 Å². The summed E-state index contributed by atoms with van der Waals surface area (Å²) in [6, 6.07) is 4.75. The predicted octanol–water partition coefficient (Wildman–Crippen LogP) is 2.04. The molecule has 0 aliphatic carbocycles. The molecule has 1 aromatic carbocycles. The molecule has 1 amide bonds. The third-order valence-corrected chi connectivity index (χ3v) is 2.14. The van der Waals surface area contributed by atoms with E-state index in [0.29, 0.717) is 5.56 Å². The van der Waals surface area contributed by atoms with E-state index >= 15 is 0 Å². The molecular formula is C10H10F2N2O3. The number of carbonyl (C=O) groups is 1.